The van der Waals surface area contributed by atoms with E-state index in [9.17, 15) is 8.42 Å². The van der Waals surface area contributed by atoms with Gasteiger partial charge in [-0.25, -0.2) is 13.1 Å². The minimum atomic E-state index is -3.17. The number of nitrogens with zero attached hydrogens (tertiary/aromatic N) is 1. The average Bonchev–Trinajstić information content (AvgIpc) is 2.48. The molecule has 0 aromatic carbocycles. The van der Waals surface area contributed by atoms with Crippen molar-refractivity contribution in [3.63, 3.8) is 0 Å². The first-order valence-corrected chi connectivity index (χ1v) is 5.95. The molecule has 0 aliphatic heterocycles. The van der Waals surface area contributed by atoms with Crippen LogP contribution in [0.3, 0.4) is 0 Å². The van der Waals surface area contributed by atoms with Crippen molar-refractivity contribution in [2.75, 3.05) is 11.5 Å². The van der Waals surface area contributed by atoms with E-state index in [0.717, 1.165) is 0 Å². The topological polar surface area (TPSA) is 101 Å². The first-order chi connectivity index (χ1) is 6.55. The maximum atomic E-state index is 11.3. The number of nitrogens with two attached hydrogens (primary N) is 1. The Kier molecular flexibility index (Phi) is 3.48. The fraction of sp³-hybridized carbons (Fsp3) is 0.571. The van der Waals surface area contributed by atoms with E-state index in [1.54, 1.807) is 0 Å². The molecule has 0 fully saturated rings. The first kappa shape index (κ1) is 11.0. The van der Waals surface area contributed by atoms with Crippen LogP contribution in [0, 0.1) is 0 Å². The Hall–Kier alpha value is -1.08. The summed E-state index contributed by atoms with van der Waals surface area (Å²) >= 11 is 0. The summed E-state index contributed by atoms with van der Waals surface area (Å²) in [6, 6.07) is 0. The molecular weight excluding hydrogens is 204 g/mol. The normalized spacial score (nSPS) is 11.8. The van der Waals surface area contributed by atoms with Crippen LogP contribution in [0.1, 0.15) is 18.9 Å². The highest BCUT2D eigenvalue weighted by Crippen LogP contribution is 2.05. The van der Waals surface area contributed by atoms with Crippen LogP contribution in [-0.2, 0) is 16.6 Å². The van der Waals surface area contributed by atoms with Crippen LogP contribution in [0.25, 0.3) is 0 Å². The second-order valence-electron chi connectivity index (χ2n) is 2.95. The molecule has 1 aromatic heterocycles. The molecule has 14 heavy (non-hydrogen) atoms. The smallest absolute Gasteiger partial charge is 0.211 e. The second kappa shape index (κ2) is 4.43. The molecule has 7 heteroatoms. The van der Waals surface area contributed by atoms with Crippen molar-refractivity contribution < 1.29 is 8.42 Å². The monoisotopic (exact) mass is 218 g/mol. The molecule has 80 valence electrons. The van der Waals surface area contributed by atoms with Crippen LogP contribution in [0.4, 0.5) is 5.82 Å². The van der Waals surface area contributed by atoms with E-state index >= 15 is 0 Å². The van der Waals surface area contributed by atoms with E-state index in [1.165, 1.54) is 6.20 Å². The van der Waals surface area contributed by atoms with Crippen molar-refractivity contribution in [3.05, 3.63) is 11.8 Å². The lowest BCUT2D eigenvalue weighted by Crippen LogP contribution is -2.25. The van der Waals surface area contributed by atoms with Gasteiger partial charge in [-0.3, -0.25) is 5.10 Å². The Labute approximate surface area is 82.9 Å². The summed E-state index contributed by atoms with van der Waals surface area (Å²) in [5, 5.41) is 6.21. The van der Waals surface area contributed by atoms with Crippen molar-refractivity contribution in [2.24, 2.45) is 0 Å². The Morgan fingerprint density at radius 1 is 1.64 bits per heavy atom. The van der Waals surface area contributed by atoms with E-state index in [4.69, 9.17) is 5.73 Å². The van der Waals surface area contributed by atoms with Gasteiger partial charge in [-0.1, -0.05) is 6.92 Å². The summed E-state index contributed by atoms with van der Waals surface area (Å²) in [7, 11) is -3.17. The summed E-state index contributed by atoms with van der Waals surface area (Å²) < 4.78 is 24.9. The molecule has 0 bridgehead atoms. The molecule has 4 N–H and O–H groups in total. The zero-order valence-electron chi connectivity index (χ0n) is 7.95. The molecule has 0 saturated heterocycles. The molecule has 6 nitrogen and oxygen atoms in total. The van der Waals surface area contributed by atoms with Crippen LogP contribution < -0.4 is 10.5 Å². The predicted octanol–water partition coefficient (Wildman–Crippen LogP) is -0.179. The van der Waals surface area contributed by atoms with Crippen molar-refractivity contribution in [3.8, 4) is 0 Å². The van der Waals surface area contributed by atoms with Crippen LogP contribution in [-0.4, -0.2) is 24.4 Å². The van der Waals surface area contributed by atoms with E-state index in [-0.39, 0.29) is 12.3 Å². The SMILES string of the molecule is CCCS(=O)(=O)NCc1cn[nH]c1N. The fourth-order valence-corrected chi connectivity index (χ4v) is 2.05. The number of hydrogen-bond donors (Lipinski definition) is 3. The van der Waals surface area contributed by atoms with Gasteiger partial charge >= 0.3 is 0 Å². The molecule has 0 spiro atoms. The van der Waals surface area contributed by atoms with Gasteiger partial charge in [0.05, 0.1) is 11.9 Å². The standard InChI is InChI=1S/C7H14N4O2S/c1-2-3-14(12,13)10-5-6-4-9-11-7(6)8/h4,10H,2-3,5H2,1H3,(H3,8,9,11). The molecule has 0 amide bonds. The van der Waals surface area contributed by atoms with Gasteiger partial charge in [0.15, 0.2) is 0 Å². The molecule has 0 radical (unpaired) electrons. The number of H-pyrrole nitrogens is 1. The van der Waals surface area contributed by atoms with E-state index in [1.807, 2.05) is 6.92 Å². The van der Waals surface area contributed by atoms with Gasteiger partial charge in [0.2, 0.25) is 10.0 Å². The van der Waals surface area contributed by atoms with Gasteiger partial charge in [0, 0.05) is 12.1 Å². The molecule has 0 aliphatic rings. The highest BCUT2D eigenvalue weighted by atomic mass is 32.2. The van der Waals surface area contributed by atoms with Gasteiger partial charge < -0.3 is 5.73 Å². The molecule has 0 saturated carbocycles. The maximum absolute atomic E-state index is 11.3. The summed E-state index contributed by atoms with van der Waals surface area (Å²) in [4.78, 5) is 0. The lowest BCUT2D eigenvalue weighted by molar-refractivity contribution is 0.580. The highest BCUT2D eigenvalue weighted by molar-refractivity contribution is 7.89. The zero-order chi connectivity index (χ0) is 10.6. The Bertz CT molecular complexity index is 384. The van der Waals surface area contributed by atoms with Crippen molar-refractivity contribution in [1.29, 1.82) is 0 Å². The van der Waals surface area contributed by atoms with E-state index < -0.39 is 10.0 Å². The Morgan fingerprint density at radius 2 is 2.36 bits per heavy atom. The van der Waals surface area contributed by atoms with Crippen LogP contribution in [0.15, 0.2) is 6.20 Å². The van der Waals surface area contributed by atoms with Crippen LogP contribution in [0.5, 0.6) is 0 Å². The predicted molar refractivity (Wildman–Crippen MR) is 53.9 cm³/mol. The van der Waals surface area contributed by atoms with Crippen molar-refractivity contribution in [1.82, 2.24) is 14.9 Å². The quantitative estimate of drug-likeness (QED) is 0.638. The Balaban J connectivity index is 2.53. The molecule has 0 atom stereocenters. The van der Waals surface area contributed by atoms with Gasteiger partial charge in [-0.2, -0.15) is 5.10 Å². The minimum absolute atomic E-state index is 0.130. The third-order valence-corrected chi connectivity index (χ3v) is 3.24. The molecule has 1 rings (SSSR count). The fourth-order valence-electron chi connectivity index (χ4n) is 0.991. The third kappa shape index (κ3) is 3.00. The number of hydrogen-bond acceptors (Lipinski definition) is 4. The van der Waals surface area contributed by atoms with E-state index in [2.05, 4.69) is 14.9 Å². The maximum Gasteiger partial charge on any atom is 0.211 e. The third-order valence-electron chi connectivity index (χ3n) is 1.71. The van der Waals surface area contributed by atoms with E-state index in [0.29, 0.717) is 17.8 Å². The van der Waals surface area contributed by atoms with Crippen molar-refractivity contribution in [2.45, 2.75) is 19.9 Å². The van der Waals surface area contributed by atoms with Crippen LogP contribution in [0.2, 0.25) is 0 Å². The van der Waals surface area contributed by atoms with Gasteiger partial charge in [-0.15, -0.1) is 0 Å². The number of aromatic nitrogens is 2. The average molecular weight is 218 g/mol. The summed E-state index contributed by atoms with van der Waals surface area (Å²) in [6.45, 7) is 2.00. The largest absolute Gasteiger partial charge is 0.384 e. The van der Waals surface area contributed by atoms with Gasteiger partial charge in [0.1, 0.15) is 5.82 Å². The second-order valence-corrected chi connectivity index (χ2v) is 4.88. The van der Waals surface area contributed by atoms with Gasteiger partial charge in [-0.05, 0) is 6.42 Å². The molecular formula is C7H14N4O2S. The number of anilines is 1. The molecule has 0 unspecified atom stereocenters. The lowest BCUT2D eigenvalue weighted by atomic mass is 10.3. The Morgan fingerprint density at radius 3 is 2.86 bits per heavy atom. The lowest BCUT2D eigenvalue weighted by Gasteiger charge is -2.03. The number of rotatable bonds is 5. The number of aromatic amines is 1. The highest BCUT2D eigenvalue weighted by Gasteiger charge is 2.09. The summed E-state index contributed by atoms with van der Waals surface area (Å²) in [5.41, 5.74) is 6.15. The number of sulfonamides is 1. The molecule has 1 aromatic rings. The molecule has 1 heterocycles. The van der Waals surface area contributed by atoms with Crippen molar-refractivity contribution >= 4 is 15.8 Å². The minimum Gasteiger partial charge on any atom is -0.384 e. The van der Waals surface area contributed by atoms with Gasteiger partial charge in [0.25, 0.3) is 0 Å². The van der Waals surface area contributed by atoms with Crippen LogP contribution >= 0.6 is 0 Å². The summed E-state index contributed by atoms with van der Waals surface area (Å²) in [6.07, 6.45) is 2.10. The summed E-state index contributed by atoms with van der Waals surface area (Å²) in [5.74, 6) is 0.522. The zero-order valence-corrected chi connectivity index (χ0v) is 8.76. The molecule has 0 aliphatic carbocycles. The first-order valence-electron chi connectivity index (χ1n) is 4.30. The number of nitrogens with one attached hydrogen (secondary N) is 2. The number of nitrogen functional groups attached to an aromatic ring is 1.